The zero-order valence-corrected chi connectivity index (χ0v) is 11.7. The summed E-state index contributed by atoms with van der Waals surface area (Å²) in [5, 5.41) is 4.14. The highest BCUT2D eigenvalue weighted by Crippen LogP contribution is 2.12. The Balaban J connectivity index is 2.17. The fourth-order valence-corrected chi connectivity index (χ4v) is 2.23. The molecule has 0 atom stereocenters. The predicted molar refractivity (Wildman–Crippen MR) is 77.5 cm³/mol. The third kappa shape index (κ3) is 3.30. The summed E-state index contributed by atoms with van der Waals surface area (Å²) in [7, 11) is 0. The zero-order valence-electron chi connectivity index (χ0n) is 11.7. The first kappa shape index (κ1) is 14.4. The van der Waals surface area contributed by atoms with Gasteiger partial charge in [-0.3, -0.25) is 4.79 Å². The van der Waals surface area contributed by atoms with Crippen LogP contribution in [-0.2, 0) is 19.4 Å². The standard InChI is InChI=1S/C15H20N4O/c1-2-9-19-15(17-11-18-19)10-14(20)13-6-4-3-5-12(13)7-8-16/h3-6,11H,2,7-10,16H2,1H3. The molecule has 2 rings (SSSR count). The molecule has 5 nitrogen and oxygen atoms in total. The number of nitrogens with zero attached hydrogens (tertiary/aromatic N) is 3. The van der Waals surface area contributed by atoms with E-state index in [9.17, 15) is 4.79 Å². The quantitative estimate of drug-likeness (QED) is 0.777. The van der Waals surface area contributed by atoms with Crippen LogP contribution in [0.1, 0.15) is 35.1 Å². The van der Waals surface area contributed by atoms with Crippen LogP contribution >= 0.6 is 0 Å². The summed E-state index contributed by atoms with van der Waals surface area (Å²) in [5.41, 5.74) is 7.33. The fraction of sp³-hybridized carbons (Fsp3) is 0.400. The minimum atomic E-state index is 0.0689. The average molecular weight is 272 g/mol. The second-order valence-electron chi connectivity index (χ2n) is 4.70. The Labute approximate surface area is 118 Å². The van der Waals surface area contributed by atoms with Gasteiger partial charge in [0.2, 0.25) is 0 Å². The lowest BCUT2D eigenvalue weighted by Crippen LogP contribution is -2.14. The van der Waals surface area contributed by atoms with Crippen molar-refractivity contribution in [3.63, 3.8) is 0 Å². The number of carbonyl (C=O) groups excluding carboxylic acids is 1. The normalized spacial score (nSPS) is 10.7. The zero-order chi connectivity index (χ0) is 14.4. The third-order valence-corrected chi connectivity index (χ3v) is 3.18. The molecule has 0 spiro atoms. The average Bonchev–Trinajstić information content (AvgIpc) is 2.87. The number of carbonyl (C=O) groups is 1. The van der Waals surface area contributed by atoms with Crippen molar-refractivity contribution in [2.45, 2.75) is 32.7 Å². The maximum atomic E-state index is 12.4. The van der Waals surface area contributed by atoms with Gasteiger partial charge in [0.15, 0.2) is 5.78 Å². The molecule has 0 amide bonds. The van der Waals surface area contributed by atoms with E-state index in [-0.39, 0.29) is 12.2 Å². The van der Waals surface area contributed by atoms with Crippen molar-refractivity contribution in [3.8, 4) is 0 Å². The topological polar surface area (TPSA) is 73.8 Å². The number of Topliss-reactive ketones (excluding diaryl/α,β-unsaturated/α-hetero) is 1. The van der Waals surface area contributed by atoms with Crippen LogP contribution in [-0.4, -0.2) is 27.1 Å². The van der Waals surface area contributed by atoms with Gasteiger partial charge in [0.1, 0.15) is 12.2 Å². The summed E-state index contributed by atoms with van der Waals surface area (Å²) in [4.78, 5) is 16.6. The summed E-state index contributed by atoms with van der Waals surface area (Å²) in [6.07, 6.45) is 3.46. The predicted octanol–water partition coefficient (Wildman–Crippen LogP) is 1.61. The Morgan fingerprint density at radius 3 is 2.90 bits per heavy atom. The highest BCUT2D eigenvalue weighted by molar-refractivity contribution is 5.98. The van der Waals surface area contributed by atoms with Gasteiger partial charge in [-0.15, -0.1) is 0 Å². The van der Waals surface area contributed by atoms with Crippen molar-refractivity contribution in [2.24, 2.45) is 5.73 Å². The van der Waals surface area contributed by atoms with E-state index < -0.39 is 0 Å². The minimum Gasteiger partial charge on any atom is -0.330 e. The van der Waals surface area contributed by atoms with E-state index in [4.69, 9.17) is 5.73 Å². The largest absolute Gasteiger partial charge is 0.330 e. The summed E-state index contributed by atoms with van der Waals surface area (Å²) in [6, 6.07) is 7.62. The molecule has 0 bridgehead atoms. The Morgan fingerprint density at radius 2 is 2.15 bits per heavy atom. The van der Waals surface area contributed by atoms with Crippen LogP contribution in [0.5, 0.6) is 0 Å². The molecule has 0 unspecified atom stereocenters. The number of ketones is 1. The number of hydrogen-bond acceptors (Lipinski definition) is 4. The van der Waals surface area contributed by atoms with Gasteiger partial charge in [-0.05, 0) is 24.9 Å². The van der Waals surface area contributed by atoms with Gasteiger partial charge in [0, 0.05) is 12.1 Å². The van der Waals surface area contributed by atoms with Crippen LogP contribution in [0.4, 0.5) is 0 Å². The SMILES string of the molecule is CCCn1ncnc1CC(=O)c1ccccc1CCN. The summed E-state index contributed by atoms with van der Waals surface area (Å²) >= 11 is 0. The second kappa shape index (κ2) is 6.96. The molecule has 0 saturated heterocycles. The van der Waals surface area contributed by atoms with Crippen molar-refractivity contribution in [1.82, 2.24) is 14.8 Å². The lowest BCUT2D eigenvalue weighted by molar-refractivity contribution is 0.0988. The molecule has 0 aliphatic carbocycles. The first-order valence-electron chi connectivity index (χ1n) is 6.94. The van der Waals surface area contributed by atoms with Gasteiger partial charge >= 0.3 is 0 Å². The fourth-order valence-electron chi connectivity index (χ4n) is 2.23. The molecular weight excluding hydrogens is 252 g/mol. The molecular formula is C15H20N4O. The van der Waals surface area contributed by atoms with E-state index >= 15 is 0 Å². The van der Waals surface area contributed by atoms with Gasteiger partial charge in [-0.2, -0.15) is 5.10 Å². The summed E-state index contributed by atoms with van der Waals surface area (Å²) < 4.78 is 1.80. The molecule has 20 heavy (non-hydrogen) atoms. The van der Waals surface area contributed by atoms with E-state index in [0.29, 0.717) is 13.0 Å². The second-order valence-corrected chi connectivity index (χ2v) is 4.70. The number of hydrogen-bond donors (Lipinski definition) is 1. The minimum absolute atomic E-state index is 0.0689. The molecule has 1 aromatic carbocycles. The number of nitrogens with two attached hydrogens (primary N) is 1. The molecule has 0 aliphatic rings. The van der Waals surface area contributed by atoms with E-state index in [2.05, 4.69) is 17.0 Å². The smallest absolute Gasteiger partial charge is 0.170 e. The Kier molecular flexibility index (Phi) is 5.01. The molecule has 0 saturated carbocycles. The molecule has 1 aromatic heterocycles. The van der Waals surface area contributed by atoms with Gasteiger partial charge in [0.05, 0.1) is 6.42 Å². The van der Waals surface area contributed by atoms with Gasteiger partial charge in [-0.1, -0.05) is 31.2 Å². The molecule has 0 aliphatic heterocycles. The summed E-state index contributed by atoms with van der Waals surface area (Å²) in [5.74, 6) is 0.791. The molecule has 5 heteroatoms. The van der Waals surface area contributed by atoms with Crippen LogP contribution in [0.2, 0.25) is 0 Å². The number of rotatable bonds is 7. The first-order chi connectivity index (χ1) is 9.76. The highest BCUT2D eigenvalue weighted by atomic mass is 16.1. The summed E-state index contributed by atoms with van der Waals surface area (Å²) in [6.45, 7) is 3.40. The highest BCUT2D eigenvalue weighted by Gasteiger charge is 2.14. The molecule has 106 valence electrons. The Morgan fingerprint density at radius 1 is 1.35 bits per heavy atom. The number of aryl methyl sites for hydroxylation is 1. The van der Waals surface area contributed by atoms with E-state index in [0.717, 1.165) is 29.9 Å². The third-order valence-electron chi connectivity index (χ3n) is 3.18. The van der Waals surface area contributed by atoms with Crippen LogP contribution < -0.4 is 5.73 Å². The molecule has 0 fully saturated rings. The molecule has 1 heterocycles. The van der Waals surface area contributed by atoms with Gasteiger partial charge in [-0.25, -0.2) is 9.67 Å². The lowest BCUT2D eigenvalue weighted by atomic mass is 9.99. The Bertz CT molecular complexity index is 577. The van der Waals surface area contributed by atoms with Crippen LogP contribution in [0.25, 0.3) is 0 Å². The molecule has 0 radical (unpaired) electrons. The van der Waals surface area contributed by atoms with Crippen molar-refractivity contribution in [2.75, 3.05) is 6.54 Å². The van der Waals surface area contributed by atoms with Gasteiger partial charge < -0.3 is 5.73 Å². The van der Waals surface area contributed by atoms with Crippen LogP contribution in [0.3, 0.4) is 0 Å². The van der Waals surface area contributed by atoms with Crippen molar-refractivity contribution < 1.29 is 4.79 Å². The van der Waals surface area contributed by atoms with E-state index in [1.54, 1.807) is 4.68 Å². The van der Waals surface area contributed by atoms with Gasteiger partial charge in [0.25, 0.3) is 0 Å². The Hall–Kier alpha value is -2.01. The first-order valence-corrected chi connectivity index (χ1v) is 6.94. The van der Waals surface area contributed by atoms with Crippen molar-refractivity contribution in [1.29, 1.82) is 0 Å². The van der Waals surface area contributed by atoms with E-state index in [1.807, 2.05) is 24.3 Å². The lowest BCUT2D eigenvalue weighted by Gasteiger charge is -2.08. The maximum Gasteiger partial charge on any atom is 0.170 e. The number of benzene rings is 1. The van der Waals surface area contributed by atoms with E-state index in [1.165, 1.54) is 6.33 Å². The maximum absolute atomic E-state index is 12.4. The van der Waals surface area contributed by atoms with Crippen LogP contribution in [0.15, 0.2) is 30.6 Å². The number of aromatic nitrogens is 3. The van der Waals surface area contributed by atoms with Crippen molar-refractivity contribution >= 4 is 5.78 Å². The van der Waals surface area contributed by atoms with Crippen molar-refractivity contribution in [3.05, 3.63) is 47.5 Å². The monoisotopic (exact) mass is 272 g/mol. The molecule has 2 N–H and O–H groups in total. The van der Waals surface area contributed by atoms with Crippen LogP contribution in [0, 0.1) is 0 Å². The molecule has 2 aromatic rings.